The number of carbonyl (C=O) groups excluding carboxylic acids is 2. The van der Waals surface area contributed by atoms with E-state index in [9.17, 15) is 9.59 Å². The van der Waals surface area contributed by atoms with E-state index in [-0.39, 0.29) is 24.1 Å². The maximum atomic E-state index is 12.8. The zero-order chi connectivity index (χ0) is 20.6. The Morgan fingerprint density at radius 2 is 1.75 bits per heavy atom. The Bertz CT molecular complexity index is 1060. The monoisotopic (exact) mass is 398 g/mol. The molecule has 2 aromatic carbocycles. The first kappa shape index (κ1) is 20.0. The molecule has 0 atom stereocenters. The van der Waals surface area contributed by atoms with Gasteiger partial charge in [-0.15, -0.1) is 0 Å². The summed E-state index contributed by atoms with van der Waals surface area (Å²) in [7, 11) is 1.57. The molecular weight excluding hydrogens is 376 g/mol. The van der Waals surface area contributed by atoms with Crippen molar-refractivity contribution in [2.75, 3.05) is 18.9 Å². The number of amides is 2. The summed E-state index contributed by atoms with van der Waals surface area (Å²) in [6.07, 6.45) is 0. The van der Waals surface area contributed by atoms with Crippen LogP contribution in [0.1, 0.15) is 32.8 Å². The minimum Gasteiger partial charge on any atom is -0.449 e. The van der Waals surface area contributed by atoms with E-state index < -0.39 is 0 Å². The largest absolute Gasteiger partial charge is 0.449 e. The van der Waals surface area contributed by atoms with E-state index in [4.69, 9.17) is 16.0 Å². The summed E-state index contributed by atoms with van der Waals surface area (Å²) in [4.78, 5) is 26.7. The highest BCUT2D eigenvalue weighted by molar-refractivity contribution is 6.35. The summed E-state index contributed by atoms with van der Waals surface area (Å²) < 4.78 is 5.71. The molecular formula is C22H23ClN2O3. The number of carbonyl (C=O) groups is 2. The molecule has 3 rings (SSSR count). The van der Waals surface area contributed by atoms with E-state index in [1.807, 2.05) is 52.0 Å². The van der Waals surface area contributed by atoms with Gasteiger partial charge in [-0.3, -0.25) is 9.59 Å². The van der Waals surface area contributed by atoms with Crippen LogP contribution in [0.15, 0.2) is 34.7 Å². The van der Waals surface area contributed by atoms with Crippen molar-refractivity contribution < 1.29 is 14.0 Å². The van der Waals surface area contributed by atoms with Crippen molar-refractivity contribution in [2.45, 2.75) is 27.7 Å². The Balaban J connectivity index is 1.77. The number of fused-ring (bicyclic) bond motifs is 1. The third-order valence-corrected chi connectivity index (χ3v) is 5.08. The molecule has 146 valence electrons. The fraction of sp³-hybridized carbons (Fsp3) is 0.273. The smallest absolute Gasteiger partial charge is 0.290 e. The standard InChI is InChI=1S/C22H23ClN2O3/c1-12-9-13(2)19(14(3)10-12)24-18(26)11-25(5)22(27)20-15(4)16-7-6-8-17(23)21(16)28-20/h6-10H,11H2,1-5H3,(H,24,26). The molecule has 2 amide bonds. The summed E-state index contributed by atoms with van der Waals surface area (Å²) in [5.41, 5.74) is 5.08. The molecule has 1 N–H and O–H groups in total. The van der Waals surface area contributed by atoms with Crippen LogP contribution in [0.4, 0.5) is 5.69 Å². The maximum Gasteiger partial charge on any atom is 0.290 e. The van der Waals surface area contributed by atoms with Crippen molar-refractivity contribution in [1.29, 1.82) is 0 Å². The van der Waals surface area contributed by atoms with Gasteiger partial charge in [-0.05, 0) is 44.9 Å². The third kappa shape index (κ3) is 3.76. The molecule has 0 unspecified atom stereocenters. The average Bonchev–Trinajstić information content (AvgIpc) is 2.96. The first-order chi connectivity index (χ1) is 13.2. The van der Waals surface area contributed by atoms with Crippen molar-refractivity contribution >= 4 is 40.1 Å². The predicted molar refractivity (Wildman–Crippen MR) is 112 cm³/mol. The second kappa shape index (κ2) is 7.68. The molecule has 0 aliphatic heterocycles. The minimum atomic E-state index is -0.364. The van der Waals surface area contributed by atoms with Gasteiger partial charge in [0.1, 0.15) is 0 Å². The summed E-state index contributed by atoms with van der Waals surface area (Å²) in [6.45, 7) is 7.63. The van der Waals surface area contributed by atoms with E-state index in [0.29, 0.717) is 16.2 Å². The SMILES string of the molecule is Cc1cc(C)c(NC(=O)CN(C)C(=O)c2oc3c(Cl)cccc3c2C)c(C)c1. The number of furan rings is 1. The first-order valence-corrected chi connectivity index (χ1v) is 9.37. The van der Waals surface area contributed by atoms with Crippen molar-refractivity contribution in [1.82, 2.24) is 4.90 Å². The lowest BCUT2D eigenvalue weighted by Crippen LogP contribution is -2.35. The molecule has 0 radical (unpaired) electrons. The number of anilines is 1. The number of hydrogen-bond acceptors (Lipinski definition) is 3. The van der Waals surface area contributed by atoms with Gasteiger partial charge in [0.05, 0.1) is 11.6 Å². The molecule has 28 heavy (non-hydrogen) atoms. The molecule has 1 aromatic heterocycles. The summed E-state index contributed by atoms with van der Waals surface area (Å²) in [5.74, 6) is -0.434. The summed E-state index contributed by atoms with van der Waals surface area (Å²) in [5, 5.41) is 4.15. The summed E-state index contributed by atoms with van der Waals surface area (Å²) in [6, 6.07) is 9.40. The molecule has 0 aliphatic carbocycles. The lowest BCUT2D eigenvalue weighted by Gasteiger charge is -2.18. The third-order valence-electron chi connectivity index (χ3n) is 4.78. The Labute approximate surface area is 169 Å². The number of aryl methyl sites for hydroxylation is 4. The van der Waals surface area contributed by atoms with Gasteiger partial charge in [0.15, 0.2) is 11.3 Å². The quantitative estimate of drug-likeness (QED) is 0.670. The molecule has 1 heterocycles. The number of rotatable bonds is 4. The molecule has 0 saturated carbocycles. The molecule has 0 bridgehead atoms. The van der Waals surface area contributed by atoms with Crippen molar-refractivity contribution in [3.63, 3.8) is 0 Å². The van der Waals surface area contributed by atoms with Gasteiger partial charge >= 0.3 is 0 Å². The van der Waals surface area contributed by atoms with Gasteiger partial charge in [0, 0.05) is 23.7 Å². The number of likely N-dealkylation sites (N-methyl/N-ethyl adjacent to an activating group) is 1. The van der Waals surface area contributed by atoms with Crippen LogP contribution >= 0.6 is 11.6 Å². The zero-order valence-electron chi connectivity index (χ0n) is 16.6. The second-order valence-corrected chi connectivity index (χ2v) is 7.56. The highest BCUT2D eigenvalue weighted by Gasteiger charge is 2.23. The highest BCUT2D eigenvalue weighted by atomic mass is 35.5. The average molecular weight is 399 g/mol. The second-order valence-electron chi connectivity index (χ2n) is 7.16. The van der Waals surface area contributed by atoms with Crippen LogP contribution < -0.4 is 5.32 Å². The van der Waals surface area contributed by atoms with Crippen molar-refractivity contribution in [2.24, 2.45) is 0 Å². The molecule has 5 nitrogen and oxygen atoms in total. The van der Waals surface area contributed by atoms with E-state index in [0.717, 1.165) is 27.8 Å². The van der Waals surface area contributed by atoms with Crippen LogP contribution in [0.2, 0.25) is 5.02 Å². The van der Waals surface area contributed by atoms with Gasteiger partial charge in [0.2, 0.25) is 5.91 Å². The number of para-hydroxylation sites is 1. The number of hydrogen-bond donors (Lipinski definition) is 1. The predicted octanol–water partition coefficient (Wildman–Crippen LogP) is 5.03. The molecule has 0 saturated heterocycles. The van der Waals surface area contributed by atoms with Gasteiger partial charge in [0.25, 0.3) is 5.91 Å². The highest BCUT2D eigenvalue weighted by Crippen LogP contribution is 2.31. The number of benzene rings is 2. The first-order valence-electron chi connectivity index (χ1n) is 8.99. The number of nitrogens with zero attached hydrogens (tertiary/aromatic N) is 1. The van der Waals surface area contributed by atoms with Crippen LogP contribution in [-0.2, 0) is 4.79 Å². The fourth-order valence-electron chi connectivity index (χ4n) is 3.43. The van der Waals surface area contributed by atoms with Crippen LogP contribution in [-0.4, -0.2) is 30.3 Å². The Kier molecular flexibility index (Phi) is 5.47. The zero-order valence-corrected chi connectivity index (χ0v) is 17.4. The van der Waals surface area contributed by atoms with Crippen molar-refractivity contribution in [3.05, 3.63) is 63.4 Å². The summed E-state index contributed by atoms with van der Waals surface area (Å²) >= 11 is 6.16. The number of nitrogens with one attached hydrogen (secondary N) is 1. The van der Waals surface area contributed by atoms with Gasteiger partial charge in [-0.2, -0.15) is 0 Å². The Morgan fingerprint density at radius 1 is 1.11 bits per heavy atom. The van der Waals surface area contributed by atoms with E-state index >= 15 is 0 Å². The molecule has 6 heteroatoms. The van der Waals surface area contributed by atoms with Gasteiger partial charge in [-0.25, -0.2) is 0 Å². The maximum absolute atomic E-state index is 12.8. The fourth-order valence-corrected chi connectivity index (χ4v) is 3.64. The van der Waals surface area contributed by atoms with E-state index in [2.05, 4.69) is 5.32 Å². The molecule has 0 aliphatic rings. The van der Waals surface area contributed by atoms with Crippen LogP contribution in [0, 0.1) is 27.7 Å². The Hall–Kier alpha value is -2.79. The van der Waals surface area contributed by atoms with Gasteiger partial charge < -0.3 is 14.6 Å². The normalized spacial score (nSPS) is 10.9. The minimum absolute atomic E-state index is 0.0875. The van der Waals surface area contributed by atoms with Gasteiger partial charge in [-0.1, -0.05) is 41.4 Å². The number of halogens is 1. The van der Waals surface area contributed by atoms with Crippen LogP contribution in [0.3, 0.4) is 0 Å². The lowest BCUT2D eigenvalue weighted by molar-refractivity contribution is -0.116. The Morgan fingerprint density at radius 3 is 2.36 bits per heavy atom. The van der Waals surface area contributed by atoms with Crippen molar-refractivity contribution in [3.8, 4) is 0 Å². The topological polar surface area (TPSA) is 62.6 Å². The van der Waals surface area contributed by atoms with E-state index in [1.54, 1.807) is 13.1 Å². The van der Waals surface area contributed by atoms with E-state index in [1.165, 1.54) is 4.90 Å². The molecule has 3 aromatic rings. The van der Waals surface area contributed by atoms with Crippen LogP contribution in [0.5, 0.6) is 0 Å². The lowest BCUT2D eigenvalue weighted by atomic mass is 10.1. The molecule has 0 fully saturated rings. The van der Waals surface area contributed by atoms with Crippen LogP contribution in [0.25, 0.3) is 11.0 Å². The molecule has 0 spiro atoms.